The minimum atomic E-state index is -0.425. The van der Waals surface area contributed by atoms with E-state index in [1.807, 2.05) is 46.1 Å². The van der Waals surface area contributed by atoms with Crippen molar-refractivity contribution in [2.24, 2.45) is 0 Å². The van der Waals surface area contributed by atoms with E-state index in [4.69, 9.17) is 4.74 Å². The third kappa shape index (κ3) is 6.17. The summed E-state index contributed by atoms with van der Waals surface area (Å²) in [4.78, 5) is 14.2. The highest BCUT2D eigenvalue weighted by Crippen LogP contribution is 2.18. The Balaban J connectivity index is 2.49. The molecule has 118 valence electrons. The third-order valence-corrected chi connectivity index (χ3v) is 3.50. The highest BCUT2D eigenvalue weighted by Gasteiger charge is 2.17. The Morgan fingerprint density at radius 3 is 2.57 bits per heavy atom. The second kappa shape index (κ2) is 8.67. The van der Waals surface area contributed by atoms with Crippen LogP contribution in [0.4, 0.5) is 0 Å². The standard InChI is InChI=1S/C17H28N2O2/c1-6-16(17(20)18-10-7-11-19(4)5)21-15-9-8-13(2)14(3)12-15/h8-9,12,16H,6-7,10-11H2,1-5H3,(H,18,20). The average molecular weight is 292 g/mol. The van der Waals surface area contributed by atoms with Crippen molar-refractivity contribution in [2.45, 2.75) is 39.7 Å². The second-order valence-electron chi connectivity index (χ2n) is 5.71. The second-order valence-corrected chi connectivity index (χ2v) is 5.71. The van der Waals surface area contributed by atoms with E-state index in [1.165, 1.54) is 11.1 Å². The zero-order valence-corrected chi connectivity index (χ0v) is 13.9. The van der Waals surface area contributed by atoms with Crippen LogP contribution in [-0.4, -0.2) is 44.1 Å². The van der Waals surface area contributed by atoms with Gasteiger partial charge >= 0.3 is 0 Å². The van der Waals surface area contributed by atoms with E-state index in [9.17, 15) is 4.79 Å². The molecule has 1 unspecified atom stereocenters. The lowest BCUT2D eigenvalue weighted by atomic mass is 10.1. The summed E-state index contributed by atoms with van der Waals surface area (Å²) in [7, 11) is 4.05. The van der Waals surface area contributed by atoms with Gasteiger partial charge in [-0.3, -0.25) is 4.79 Å². The molecule has 0 saturated carbocycles. The fourth-order valence-corrected chi connectivity index (χ4v) is 1.99. The van der Waals surface area contributed by atoms with E-state index >= 15 is 0 Å². The maximum Gasteiger partial charge on any atom is 0.261 e. The van der Waals surface area contributed by atoms with E-state index in [-0.39, 0.29) is 5.91 Å². The smallest absolute Gasteiger partial charge is 0.261 e. The summed E-state index contributed by atoms with van der Waals surface area (Å²) < 4.78 is 5.82. The van der Waals surface area contributed by atoms with Gasteiger partial charge in [-0.15, -0.1) is 0 Å². The summed E-state index contributed by atoms with van der Waals surface area (Å²) in [6, 6.07) is 5.92. The largest absolute Gasteiger partial charge is 0.481 e. The lowest BCUT2D eigenvalue weighted by Gasteiger charge is -2.18. The van der Waals surface area contributed by atoms with Gasteiger partial charge in [-0.2, -0.15) is 0 Å². The summed E-state index contributed by atoms with van der Waals surface area (Å²) in [5, 5.41) is 2.94. The van der Waals surface area contributed by atoms with Gasteiger partial charge in [0, 0.05) is 6.54 Å². The molecule has 0 aromatic heterocycles. The lowest BCUT2D eigenvalue weighted by molar-refractivity contribution is -0.128. The zero-order valence-electron chi connectivity index (χ0n) is 13.9. The molecule has 0 heterocycles. The molecule has 0 aliphatic rings. The molecule has 4 nitrogen and oxygen atoms in total. The molecule has 0 aliphatic carbocycles. The minimum Gasteiger partial charge on any atom is -0.481 e. The first-order valence-electron chi connectivity index (χ1n) is 7.60. The number of amides is 1. The van der Waals surface area contributed by atoms with Crippen molar-refractivity contribution in [3.05, 3.63) is 29.3 Å². The quantitative estimate of drug-likeness (QED) is 0.749. The molecule has 1 rings (SSSR count). The van der Waals surface area contributed by atoms with Crippen molar-refractivity contribution in [3.8, 4) is 5.75 Å². The van der Waals surface area contributed by atoms with Crippen molar-refractivity contribution >= 4 is 5.91 Å². The van der Waals surface area contributed by atoms with Crippen molar-refractivity contribution < 1.29 is 9.53 Å². The van der Waals surface area contributed by atoms with Crippen molar-refractivity contribution in [1.82, 2.24) is 10.2 Å². The van der Waals surface area contributed by atoms with Crippen molar-refractivity contribution in [1.29, 1.82) is 0 Å². The number of ether oxygens (including phenoxy) is 1. The third-order valence-electron chi connectivity index (χ3n) is 3.50. The highest BCUT2D eigenvalue weighted by atomic mass is 16.5. The first-order valence-corrected chi connectivity index (χ1v) is 7.60. The molecule has 0 bridgehead atoms. The van der Waals surface area contributed by atoms with Gasteiger partial charge in [0.15, 0.2) is 6.10 Å². The summed E-state index contributed by atoms with van der Waals surface area (Å²) in [6.07, 6.45) is 1.18. The monoisotopic (exact) mass is 292 g/mol. The highest BCUT2D eigenvalue weighted by molar-refractivity contribution is 5.81. The van der Waals surface area contributed by atoms with Gasteiger partial charge in [0.25, 0.3) is 5.91 Å². The molecule has 0 spiro atoms. The van der Waals surface area contributed by atoms with Gasteiger partial charge in [-0.05, 0) is 70.6 Å². The number of nitrogens with one attached hydrogen (secondary N) is 1. The van der Waals surface area contributed by atoms with Crippen LogP contribution in [0.2, 0.25) is 0 Å². The van der Waals surface area contributed by atoms with Crippen LogP contribution in [-0.2, 0) is 4.79 Å². The molecule has 1 N–H and O–H groups in total. The van der Waals surface area contributed by atoms with Gasteiger partial charge in [-0.1, -0.05) is 13.0 Å². The number of hydrogen-bond acceptors (Lipinski definition) is 3. The van der Waals surface area contributed by atoms with Crippen LogP contribution >= 0.6 is 0 Å². The van der Waals surface area contributed by atoms with E-state index in [2.05, 4.69) is 17.1 Å². The Labute approximate surface area is 128 Å². The molecule has 21 heavy (non-hydrogen) atoms. The minimum absolute atomic E-state index is 0.0329. The number of aryl methyl sites for hydroxylation is 2. The first kappa shape index (κ1) is 17.5. The Kier molecular flexibility index (Phi) is 7.23. The summed E-state index contributed by atoms with van der Waals surface area (Å²) in [6.45, 7) is 7.72. The van der Waals surface area contributed by atoms with E-state index in [0.29, 0.717) is 13.0 Å². The average Bonchev–Trinajstić information content (AvgIpc) is 2.44. The topological polar surface area (TPSA) is 41.6 Å². The summed E-state index contributed by atoms with van der Waals surface area (Å²) in [5.74, 6) is 0.725. The van der Waals surface area contributed by atoms with Gasteiger partial charge in [0.05, 0.1) is 0 Å². The molecule has 0 fully saturated rings. The van der Waals surface area contributed by atoms with Gasteiger partial charge in [0.2, 0.25) is 0 Å². The summed E-state index contributed by atoms with van der Waals surface area (Å²) >= 11 is 0. The van der Waals surface area contributed by atoms with E-state index < -0.39 is 6.10 Å². The molecular weight excluding hydrogens is 264 g/mol. The number of rotatable bonds is 8. The Bertz CT molecular complexity index is 458. The van der Waals surface area contributed by atoms with E-state index in [1.54, 1.807) is 0 Å². The molecule has 0 saturated heterocycles. The van der Waals surface area contributed by atoms with Crippen LogP contribution in [0.25, 0.3) is 0 Å². The van der Waals surface area contributed by atoms with Crippen LogP contribution in [0, 0.1) is 13.8 Å². The number of hydrogen-bond donors (Lipinski definition) is 1. The maximum absolute atomic E-state index is 12.1. The van der Waals surface area contributed by atoms with Crippen molar-refractivity contribution in [2.75, 3.05) is 27.2 Å². The Hall–Kier alpha value is -1.55. The number of carbonyl (C=O) groups excluding carboxylic acids is 1. The SMILES string of the molecule is CCC(Oc1ccc(C)c(C)c1)C(=O)NCCCN(C)C. The van der Waals surface area contributed by atoms with Crippen LogP contribution in [0.3, 0.4) is 0 Å². The fraction of sp³-hybridized carbons (Fsp3) is 0.588. The number of carbonyl (C=O) groups is 1. The molecule has 0 aliphatic heterocycles. The molecule has 4 heteroatoms. The van der Waals surface area contributed by atoms with Crippen LogP contribution in [0.1, 0.15) is 30.9 Å². The number of nitrogens with zero attached hydrogens (tertiary/aromatic N) is 1. The molecular formula is C17H28N2O2. The Morgan fingerprint density at radius 2 is 2.00 bits per heavy atom. The number of benzene rings is 1. The van der Waals surface area contributed by atoms with Gasteiger partial charge in [-0.25, -0.2) is 0 Å². The zero-order chi connectivity index (χ0) is 15.8. The molecule has 0 radical (unpaired) electrons. The van der Waals surface area contributed by atoms with Gasteiger partial charge in [0.1, 0.15) is 5.75 Å². The van der Waals surface area contributed by atoms with Crippen LogP contribution in [0.15, 0.2) is 18.2 Å². The molecule has 1 aromatic rings. The lowest BCUT2D eigenvalue weighted by Crippen LogP contribution is -2.39. The maximum atomic E-state index is 12.1. The van der Waals surface area contributed by atoms with E-state index in [0.717, 1.165) is 18.7 Å². The molecule has 1 amide bonds. The first-order chi connectivity index (χ1) is 9.93. The molecule has 1 aromatic carbocycles. The van der Waals surface area contributed by atoms with Crippen molar-refractivity contribution in [3.63, 3.8) is 0 Å². The predicted molar refractivity (Wildman–Crippen MR) is 86.8 cm³/mol. The van der Waals surface area contributed by atoms with Crippen LogP contribution in [0.5, 0.6) is 5.75 Å². The van der Waals surface area contributed by atoms with Crippen LogP contribution < -0.4 is 10.1 Å². The molecule has 1 atom stereocenters. The Morgan fingerprint density at radius 1 is 1.29 bits per heavy atom. The summed E-state index contributed by atoms with van der Waals surface area (Å²) in [5.41, 5.74) is 2.40. The fourth-order valence-electron chi connectivity index (χ4n) is 1.99. The van der Waals surface area contributed by atoms with Gasteiger partial charge < -0.3 is 15.0 Å². The predicted octanol–water partition coefficient (Wildman–Crippen LogP) is 2.53. The normalized spacial score (nSPS) is 12.3.